The SMILES string of the molecule is O=C(COc1ccc2ccccc2c1)NCc1cc(-c2ccccc2)ncn1. The molecule has 1 amide bonds. The summed E-state index contributed by atoms with van der Waals surface area (Å²) < 4.78 is 5.61. The van der Waals surface area contributed by atoms with Gasteiger partial charge in [-0.05, 0) is 29.0 Å². The Labute approximate surface area is 163 Å². The average molecular weight is 369 g/mol. The summed E-state index contributed by atoms with van der Waals surface area (Å²) in [6.45, 7) is 0.275. The zero-order valence-corrected chi connectivity index (χ0v) is 15.2. The first-order valence-corrected chi connectivity index (χ1v) is 9.02. The van der Waals surface area contributed by atoms with Gasteiger partial charge in [-0.15, -0.1) is 0 Å². The molecule has 0 saturated carbocycles. The number of aromatic nitrogens is 2. The molecule has 0 spiro atoms. The van der Waals surface area contributed by atoms with Gasteiger partial charge in [0.2, 0.25) is 0 Å². The number of nitrogens with zero attached hydrogens (tertiary/aromatic N) is 2. The molecule has 5 nitrogen and oxygen atoms in total. The van der Waals surface area contributed by atoms with Gasteiger partial charge in [-0.2, -0.15) is 0 Å². The molecule has 4 rings (SSSR count). The second kappa shape index (κ2) is 8.31. The van der Waals surface area contributed by atoms with Crippen molar-refractivity contribution in [1.82, 2.24) is 15.3 Å². The molecule has 0 aliphatic rings. The summed E-state index contributed by atoms with van der Waals surface area (Å²) in [6, 6.07) is 25.5. The summed E-state index contributed by atoms with van der Waals surface area (Å²) in [5, 5.41) is 5.05. The number of ether oxygens (including phenoxy) is 1. The number of benzene rings is 3. The third kappa shape index (κ3) is 4.32. The van der Waals surface area contributed by atoms with Gasteiger partial charge in [0.05, 0.1) is 17.9 Å². The zero-order valence-electron chi connectivity index (χ0n) is 15.2. The second-order valence-electron chi connectivity index (χ2n) is 6.33. The predicted molar refractivity (Wildman–Crippen MR) is 109 cm³/mol. The van der Waals surface area contributed by atoms with E-state index in [9.17, 15) is 4.79 Å². The van der Waals surface area contributed by atoms with E-state index in [1.165, 1.54) is 6.33 Å². The Morgan fingerprint density at radius 2 is 1.64 bits per heavy atom. The highest BCUT2D eigenvalue weighted by atomic mass is 16.5. The minimum atomic E-state index is -0.201. The van der Waals surface area contributed by atoms with Crippen LogP contribution in [0.1, 0.15) is 5.69 Å². The summed E-state index contributed by atoms with van der Waals surface area (Å²) in [5.74, 6) is 0.468. The number of rotatable bonds is 6. The van der Waals surface area contributed by atoms with Crippen molar-refractivity contribution in [1.29, 1.82) is 0 Å². The van der Waals surface area contributed by atoms with Crippen LogP contribution in [0.15, 0.2) is 85.2 Å². The minimum absolute atomic E-state index is 0.0467. The van der Waals surface area contributed by atoms with Crippen LogP contribution < -0.4 is 10.1 Å². The van der Waals surface area contributed by atoms with E-state index in [-0.39, 0.29) is 12.5 Å². The van der Waals surface area contributed by atoms with Crippen LogP contribution in [-0.4, -0.2) is 22.5 Å². The molecule has 1 N–H and O–H groups in total. The molecular weight excluding hydrogens is 350 g/mol. The summed E-state index contributed by atoms with van der Waals surface area (Å²) in [5.41, 5.74) is 2.58. The van der Waals surface area contributed by atoms with Crippen LogP contribution in [0.5, 0.6) is 5.75 Å². The molecule has 0 unspecified atom stereocenters. The van der Waals surface area contributed by atoms with Gasteiger partial charge in [0, 0.05) is 5.56 Å². The smallest absolute Gasteiger partial charge is 0.258 e. The fourth-order valence-corrected chi connectivity index (χ4v) is 2.91. The lowest BCUT2D eigenvalue weighted by Gasteiger charge is -2.09. The largest absolute Gasteiger partial charge is 0.484 e. The maximum absolute atomic E-state index is 12.1. The molecule has 1 heterocycles. The molecule has 5 heteroatoms. The Morgan fingerprint density at radius 1 is 0.857 bits per heavy atom. The maximum atomic E-state index is 12.1. The van der Waals surface area contributed by atoms with Gasteiger partial charge in [-0.1, -0.05) is 60.7 Å². The van der Waals surface area contributed by atoms with E-state index in [0.29, 0.717) is 12.3 Å². The highest BCUT2D eigenvalue weighted by Crippen LogP contribution is 2.20. The predicted octanol–water partition coefficient (Wildman–Crippen LogP) is 3.99. The lowest BCUT2D eigenvalue weighted by atomic mass is 10.1. The van der Waals surface area contributed by atoms with Crippen molar-refractivity contribution in [2.75, 3.05) is 6.61 Å². The van der Waals surface area contributed by atoms with Gasteiger partial charge in [-0.3, -0.25) is 4.79 Å². The van der Waals surface area contributed by atoms with Crippen molar-refractivity contribution < 1.29 is 9.53 Å². The molecule has 1 aromatic heterocycles. The van der Waals surface area contributed by atoms with Gasteiger partial charge in [0.15, 0.2) is 6.61 Å². The van der Waals surface area contributed by atoms with Crippen molar-refractivity contribution in [3.05, 3.63) is 90.9 Å². The van der Waals surface area contributed by atoms with Gasteiger partial charge in [-0.25, -0.2) is 9.97 Å². The van der Waals surface area contributed by atoms with Crippen molar-refractivity contribution in [2.24, 2.45) is 0 Å². The Hall–Kier alpha value is -3.73. The molecule has 0 aliphatic carbocycles. The van der Waals surface area contributed by atoms with E-state index in [4.69, 9.17) is 4.74 Å². The van der Waals surface area contributed by atoms with Crippen LogP contribution in [-0.2, 0) is 11.3 Å². The van der Waals surface area contributed by atoms with Crippen molar-refractivity contribution in [2.45, 2.75) is 6.54 Å². The standard InChI is InChI=1S/C23H19N3O2/c27-23(15-28-21-11-10-17-6-4-5-9-19(17)12-21)24-14-20-13-22(26-16-25-20)18-7-2-1-3-8-18/h1-13,16H,14-15H2,(H,24,27). The van der Waals surface area contributed by atoms with Crippen LogP contribution >= 0.6 is 0 Å². The topological polar surface area (TPSA) is 64.1 Å². The van der Waals surface area contributed by atoms with Crippen molar-refractivity contribution in [3.63, 3.8) is 0 Å². The number of hydrogen-bond acceptors (Lipinski definition) is 4. The van der Waals surface area contributed by atoms with E-state index >= 15 is 0 Å². The molecule has 3 aromatic carbocycles. The van der Waals surface area contributed by atoms with Gasteiger partial charge < -0.3 is 10.1 Å². The first-order chi connectivity index (χ1) is 13.8. The van der Waals surface area contributed by atoms with Crippen LogP contribution in [0.25, 0.3) is 22.0 Å². The van der Waals surface area contributed by atoms with Gasteiger partial charge >= 0.3 is 0 Å². The summed E-state index contributed by atoms with van der Waals surface area (Å²) in [7, 11) is 0. The van der Waals surface area contributed by atoms with Gasteiger partial charge in [0.1, 0.15) is 12.1 Å². The van der Waals surface area contributed by atoms with Crippen LogP contribution in [0.3, 0.4) is 0 Å². The lowest BCUT2D eigenvalue weighted by Crippen LogP contribution is -2.28. The number of hydrogen-bond donors (Lipinski definition) is 1. The molecule has 28 heavy (non-hydrogen) atoms. The van der Waals surface area contributed by atoms with Crippen molar-refractivity contribution >= 4 is 16.7 Å². The highest BCUT2D eigenvalue weighted by Gasteiger charge is 2.06. The second-order valence-corrected chi connectivity index (χ2v) is 6.33. The maximum Gasteiger partial charge on any atom is 0.258 e. The summed E-state index contributed by atoms with van der Waals surface area (Å²) in [4.78, 5) is 20.6. The van der Waals surface area contributed by atoms with E-state index < -0.39 is 0 Å². The van der Waals surface area contributed by atoms with Crippen LogP contribution in [0, 0.1) is 0 Å². The zero-order chi connectivity index (χ0) is 19.2. The average Bonchev–Trinajstić information content (AvgIpc) is 2.77. The Bertz CT molecular complexity index is 1100. The quantitative estimate of drug-likeness (QED) is 0.558. The third-order valence-corrected chi connectivity index (χ3v) is 4.35. The molecule has 0 radical (unpaired) electrons. The van der Waals surface area contributed by atoms with E-state index in [1.807, 2.05) is 78.9 Å². The Kier molecular flexibility index (Phi) is 5.24. The van der Waals surface area contributed by atoms with Crippen molar-refractivity contribution in [3.8, 4) is 17.0 Å². The Balaban J connectivity index is 1.33. The minimum Gasteiger partial charge on any atom is -0.484 e. The van der Waals surface area contributed by atoms with Crippen LogP contribution in [0.2, 0.25) is 0 Å². The number of amides is 1. The molecule has 0 bridgehead atoms. The molecule has 0 atom stereocenters. The number of carbonyl (C=O) groups excluding carboxylic acids is 1. The third-order valence-electron chi connectivity index (χ3n) is 4.35. The number of fused-ring (bicyclic) bond motifs is 1. The van der Waals surface area contributed by atoms with E-state index in [1.54, 1.807) is 0 Å². The fraction of sp³-hybridized carbons (Fsp3) is 0.0870. The van der Waals surface area contributed by atoms with E-state index in [0.717, 1.165) is 27.7 Å². The first kappa shape index (κ1) is 17.7. The normalized spacial score (nSPS) is 10.6. The Morgan fingerprint density at radius 3 is 2.50 bits per heavy atom. The molecule has 138 valence electrons. The molecule has 4 aromatic rings. The monoisotopic (exact) mass is 369 g/mol. The fourth-order valence-electron chi connectivity index (χ4n) is 2.91. The molecule has 0 saturated heterocycles. The molecule has 0 fully saturated rings. The number of nitrogens with one attached hydrogen (secondary N) is 1. The van der Waals surface area contributed by atoms with Crippen LogP contribution in [0.4, 0.5) is 0 Å². The molecule has 0 aliphatic heterocycles. The first-order valence-electron chi connectivity index (χ1n) is 9.02. The number of carbonyl (C=O) groups is 1. The lowest BCUT2D eigenvalue weighted by molar-refractivity contribution is -0.123. The summed E-state index contributed by atoms with van der Waals surface area (Å²) >= 11 is 0. The summed E-state index contributed by atoms with van der Waals surface area (Å²) in [6.07, 6.45) is 1.51. The van der Waals surface area contributed by atoms with Gasteiger partial charge in [0.25, 0.3) is 5.91 Å². The van der Waals surface area contributed by atoms with E-state index in [2.05, 4.69) is 15.3 Å². The molecular formula is C23H19N3O2. The highest BCUT2D eigenvalue weighted by molar-refractivity contribution is 5.84.